The molecule has 29 heavy (non-hydrogen) atoms. The second-order valence-corrected chi connectivity index (χ2v) is 6.72. The number of carbonyl (C=O) groups excluding carboxylic acids is 2. The van der Waals surface area contributed by atoms with E-state index >= 15 is 0 Å². The molecule has 0 spiro atoms. The number of rotatable bonds is 7. The van der Waals surface area contributed by atoms with Gasteiger partial charge in [0.15, 0.2) is 12.2 Å². The lowest BCUT2D eigenvalue weighted by Crippen LogP contribution is -2.43. The molecule has 8 nitrogen and oxygen atoms in total. The molecule has 2 N–H and O–H groups in total. The monoisotopic (exact) mass is 397 g/mol. The van der Waals surface area contributed by atoms with Crippen molar-refractivity contribution < 1.29 is 18.7 Å². The van der Waals surface area contributed by atoms with Crippen LogP contribution in [0.25, 0.3) is 11.1 Å². The first-order valence-corrected chi connectivity index (χ1v) is 9.30. The van der Waals surface area contributed by atoms with Crippen LogP contribution in [0, 0.1) is 13.8 Å². The van der Waals surface area contributed by atoms with Gasteiger partial charge >= 0.3 is 5.76 Å². The van der Waals surface area contributed by atoms with Gasteiger partial charge in [-0.1, -0.05) is 18.2 Å². The SMILES string of the molecule is Cc1ccc(OCC(=O)NNC(=O)CCCn2c(=O)oc3ccccc32)cc1C. The Kier molecular flexibility index (Phi) is 6.33. The molecule has 2 amide bonds. The van der Waals surface area contributed by atoms with E-state index in [-0.39, 0.29) is 18.9 Å². The van der Waals surface area contributed by atoms with Crippen molar-refractivity contribution in [3.63, 3.8) is 0 Å². The topological polar surface area (TPSA) is 103 Å². The number of hydrazine groups is 1. The second-order valence-electron chi connectivity index (χ2n) is 6.72. The van der Waals surface area contributed by atoms with Crippen LogP contribution >= 0.6 is 0 Å². The van der Waals surface area contributed by atoms with Crippen molar-refractivity contribution in [2.24, 2.45) is 0 Å². The molecule has 1 heterocycles. The third-order valence-electron chi connectivity index (χ3n) is 4.55. The number of nitrogens with one attached hydrogen (secondary N) is 2. The van der Waals surface area contributed by atoms with Crippen molar-refractivity contribution in [2.45, 2.75) is 33.2 Å². The van der Waals surface area contributed by atoms with Crippen LogP contribution in [0.1, 0.15) is 24.0 Å². The number of fused-ring (bicyclic) bond motifs is 1. The van der Waals surface area contributed by atoms with Gasteiger partial charge in [-0.2, -0.15) is 0 Å². The number of carbonyl (C=O) groups is 2. The van der Waals surface area contributed by atoms with Gasteiger partial charge in [0.1, 0.15) is 5.75 Å². The molecule has 8 heteroatoms. The molecule has 0 bridgehead atoms. The molecule has 0 fully saturated rings. The molecule has 152 valence electrons. The fourth-order valence-electron chi connectivity index (χ4n) is 2.81. The van der Waals surface area contributed by atoms with Crippen molar-refractivity contribution in [3.05, 3.63) is 64.1 Å². The van der Waals surface area contributed by atoms with Gasteiger partial charge in [-0.3, -0.25) is 25.0 Å². The maximum atomic E-state index is 11.9. The Balaban J connectivity index is 1.39. The Morgan fingerprint density at radius 2 is 1.79 bits per heavy atom. The Labute approximate surface area is 167 Å². The number of oxazole rings is 1. The van der Waals surface area contributed by atoms with E-state index in [1.165, 1.54) is 4.57 Å². The molecule has 0 atom stereocenters. The molecule has 0 aliphatic heterocycles. The van der Waals surface area contributed by atoms with Crippen molar-refractivity contribution in [3.8, 4) is 5.75 Å². The second kappa shape index (κ2) is 9.09. The minimum absolute atomic E-state index is 0.143. The lowest BCUT2D eigenvalue weighted by atomic mass is 10.1. The number of nitrogens with zero attached hydrogens (tertiary/aromatic N) is 1. The first-order chi connectivity index (χ1) is 13.9. The van der Waals surface area contributed by atoms with E-state index in [2.05, 4.69) is 10.9 Å². The number of aromatic nitrogens is 1. The van der Waals surface area contributed by atoms with Crippen LogP contribution in [-0.4, -0.2) is 23.0 Å². The van der Waals surface area contributed by atoms with E-state index in [0.29, 0.717) is 29.8 Å². The summed E-state index contributed by atoms with van der Waals surface area (Å²) in [6, 6.07) is 12.7. The van der Waals surface area contributed by atoms with Gasteiger partial charge in [-0.15, -0.1) is 0 Å². The zero-order valence-corrected chi connectivity index (χ0v) is 16.4. The van der Waals surface area contributed by atoms with Gasteiger partial charge in [0.25, 0.3) is 5.91 Å². The molecular weight excluding hydrogens is 374 g/mol. The van der Waals surface area contributed by atoms with Crippen LogP contribution in [-0.2, 0) is 16.1 Å². The molecular formula is C21H23N3O5. The molecule has 0 radical (unpaired) electrons. The summed E-state index contributed by atoms with van der Waals surface area (Å²) in [5.41, 5.74) is 8.06. The van der Waals surface area contributed by atoms with Crippen LogP contribution in [0.2, 0.25) is 0 Å². The highest BCUT2D eigenvalue weighted by Crippen LogP contribution is 2.16. The number of hydrogen-bond acceptors (Lipinski definition) is 5. The smallest absolute Gasteiger partial charge is 0.419 e. The Hall–Kier alpha value is -3.55. The third kappa shape index (κ3) is 5.25. The maximum Gasteiger partial charge on any atom is 0.419 e. The average molecular weight is 397 g/mol. The van der Waals surface area contributed by atoms with E-state index in [1.807, 2.05) is 32.0 Å². The van der Waals surface area contributed by atoms with E-state index in [4.69, 9.17) is 9.15 Å². The summed E-state index contributed by atoms with van der Waals surface area (Å²) >= 11 is 0. The van der Waals surface area contributed by atoms with E-state index < -0.39 is 11.7 Å². The summed E-state index contributed by atoms with van der Waals surface area (Å²) in [5, 5.41) is 0. The zero-order valence-electron chi connectivity index (χ0n) is 16.4. The highest BCUT2D eigenvalue weighted by Gasteiger charge is 2.10. The summed E-state index contributed by atoms with van der Waals surface area (Å²) in [6.07, 6.45) is 0.564. The molecule has 0 saturated heterocycles. The number of para-hydroxylation sites is 2. The standard InChI is InChI=1S/C21H23N3O5/c1-14-9-10-16(12-15(14)2)28-13-20(26)23-22-19(25)8-5-11-24-17-6-3-4-7-18(17)29-21(24)27/h3-4,6-7,9-10,12H,5,8,11,13H2,1-2H3,(H,22,25)(H,23,26). The van der Waals surface area contributed by atoms with Gasteiger partial charge in [-0.25, -0.2) is 4.79 Å². The maximum absolute atomic E-state index is 11.9. The normalized spacial score (nSPS) is 10.7. The number of amides is 2. The number of benzene rings is 2. The average Bonchev–Trinajstić information content (AvgIpc) is 3.02. The zero-order chi connectivity index (χ0) is 20.8. The van der Waals surface area contributed by atoms with E-state index in [0.717, 1.165) is 11.1 Å². The fraction of sp³-hybridized carbons (Fsp3) is 0.286. The first-order valence-electron chi connectivity index (χ1n) is 9.30. The quantitative estimate of drug-likeness (QED) is 0.595. The Morgan fingerprint density at radius 1 is 1.03 bits per heavy atom. The van der Waals surface area contributed by atoms with Crippen LogP contribution in [0.15, 0.2) is 51.7 Å². The number of hydrogen-bond donors (Lipinski definition) is 2. The Bertz CT molecular complexity index is 1080. The number of ether oxygens (including phenoxy) is 1. The summed E-state index contributed by atoms with van der Waals surface area (Å²) < 4.78 is 12.0. The van der Waals surface area contributed by atoms with Gasteiger partial charge in [0, 0.05) is 13.0 Å². The predicted molar refractivity (Wildman–Crippen MR) is 107 cm³/mol. The lowest BCUT2D eigenvalue weighted by molar-refractivity contribution is -0.130. The molecule has 1 aromatic heterocycles. The summed E-state index contributed by atoms with van der Waals surface area (Å²) in [7, 11) is 0. The van der Waals surface area contributed by atoms with E-state index in [9.17, 15) is 14.4 Å². The van der Waals surface area contributed by atoms with Crippen LogP contribution in [0.5, 0.6) is 5.75 Å². The highest BCUT2D eigenvalue weighted by molar-refractivity contribution is 5.82. The first kappa shape index (κ1) is 20.2. The summed E-state index contributed by atoms with van der Waals surface area (Å²) in [5.74, 6) is -0.685. The largest absolute Gasteiger partial charge is 0.484 e. The fourth-order valence-corrected chi connectivity index (χ4v) is 2.81. The Morgan fingerprint density at radius 3 is 2.59 bits per heavy atom. The minimum Gasteiger partial charge on any atom is -0.484 e. The summed E-state index contributed by atoms with van der Waals surface area (Å²) in [4.78, 5) is 35.6. The van der Waals surface area contributed by atoms with Crippen molar-refractivity contribution in [1.29, 1.82) is 0 Å². The summed E-state index contributed by atoms with van der Waals surface area (Å²) in [6.45, 7) is 4.09. The minimum atomic E-state index is -0.464. The van der Waals surface area contributed by atoms with Gasteiger partial charge in [0.05, 0.1) is 5.52 Å². The third-order valence-corrected chi connectivity index (χ3v) is 4.55. The number of aryl methyl sites for hydroxylation is 3. The van der Waals surface area contributed by atoms with Crippen LogP contribution < -0.4 is 21.3 Å². The molecule has 0 saturated carbocycles. The molecule has 0 aliphatic carbocycles. The van der Waals surface area contributed by atoms with Gasteiger partial charge < -0.3 is 9.15 Å². The van der Waals surface area contributed by atoms with Crippen LogP contribution in [0.3, 0.4) is 0 Å². The van der Waals surface area contributed by atoms with E-state index in [1.54, 1.807) is 24.3 Å². The molecule has 2 aromatic carbocycles. The lowest BCUT2D eigenvalue weighted by Gasteiger charge is -2.10. The molecule has 3 aromatic rings. The molecule has 0 unspecified atom stereocenters. The molecule has 0 aliphatic rings. The molecule has 3 rings (SSSR count). The van der Waals surface area contributed by atoms with Gasteiger partial charge in [-0.05, 0) is 55.7 Å². The van der Waals surface area contributed by atoms with Crippen LogP contribution in [0.4, 0.5) is 0 Å². The van der Waals surface area contributed by atoms with Gasteiger partial charge in [0.2, 0.25) is 5.91 Å². The predicted octanol–water partition coefficient (Wildman–Crippen LogP) is 2.22. The van der Waals surface area contributed by atoms with Crippen molar-refractivity contribution >= 4 is 22.9 Å². The van der Waals surface area contributed by atoms with Crippen molar-refractivity contribution in [1.82, 2.24) is 15.4 Å². The highest BCUT2D eigenvalue weighted by atomic mass is 16.5. The van der Waals surface area contributed by atoms with Crippen molar-refractivity contribution in [2.75, 3.05) is 6.61 Å².